The van der Waals surface area contributed by atoms with Crippen LogP contribution >= 0.6 is 0 Å². The van der Waals surface area contributed by atoms with Gasteiger partial charge in [-0.15, -0.1) is 0 Å². The third-order valence-corrected chi connectivity index (χ3v) is 4.44. The van der Waals surface area contributed by atoms with Crippen LogP contribution in [0.4, 0.5) is 13.2 Å². The Morgan fingerprint density at radius 3 is 2.06 bits per heavy atom. The van der Waals surface area contributed by atoms with Crippen molar-refractivity contribution in [3.05, 3.63) is 0 Å². The Hall–Kier alpha value is -0.250. The summed E-state index contributed by atoms with van der Waals surface area (Å²) in [5.41, 5.74) is -0.275. The second-order valence-corrected chi connectivity index (χ2v) is 7.11. The minimum absolute atomic E-state index is 0.273. The molecule has 2 atom stereocenters. The van der Waals surface area contributed by atoms with E-state index in [-0.39, 0.29) is 17.8 Å². The molecule has 0 aromatic carbocycles. The Balaban J connectivity index is 2.05. The van der Waals surface area contributed by atoms with Crippen LogP contribution in [0.5, 0.6) is 0 Å². The van der Waals surface area contributed by atoms with Gasteiger partial charge in [0.1, 0.15) is 0 Å². The number of likely N-dealkylation sites (tertiary alicyclic amines) is 1. The Bertz CT molecular complexity index is 288. The first-order chi connectivity index (χ1) is 8.18. The molecule has 1 nitrogen and oxygen atoms in total. The highest BCUT2D eigenvalue weighted by Gasteiger charge is 2.50. The highest BCUT2D eigenvalue weighted by Crippen LogP contribution is 2.46. The van der Waals surface area contributed by atoms with Gasteiger partial charge in [0, 0.05) is 13.1 Å². The van der Waals surface area contributed by atoms with Crippen molar-refractivity contribution in [1.29, 1.82) is 0 Å². The standard InChI is InChI=1S/C14H24F3N/c1-13(2,3)12-9-18(8-10-4-5-10)7-6-11(12)14(15,16)17/h10-12H,4-9H2,1-3H3/t11-,12-/m1/s1. The number of piperidine rings is 1. The van der Waals surface area contributed by atoms with Crippen LogP contribution in [0, 0.1) is 23.2 Å². The Morgan fingerprint density at radius 1 is 1.00 bits per heavy atom. The lowest BCUT2D eigenvalue weighted by Gasteiger charge is -2.45. The second kappa shape index (κ2) is 4.69. The molecule has 1 saturated carbocycles. The average molecular weight is 263 g/mol. The summed E-state index contributed by atoms with van der Waals surface area (Å²) in [5, 5.41) is 0. The van der Waals surface area contributed by atoms with Crippen LogP contribution in [0.2, 0.25) is 0 Å². The van der Waals surface area contributed by atoms with E-state index in [1.165, 1.54) is 12.8 Å². The summed E-state index contributed by atoms with van der Waals surface area (Å²) in [5.74, 6) is -0.633. The fourth-order valence-electron chi connectivity index (χ4n) is 3.12. The van der Waals surface area contributed by atoms with Crippen molar-refractivity contribution in [3.63, 3.8) is 0 Å². The van der Waals surface area contributed by atoms with Crippen LogP contribution in [0.1, 0.15) is 40.0 Å². The van der Waals surface area contributed by atoms with E-state index in [1.807, 2.05) is 20.8 Å². The quantitative estimate of drug-likeness (QED) is 0.729. The lowest BCUT2D eigenvalue weighted by molar-refractivity contribution is -0.211. The number of alkyl halides is 3. The fraction of sp³-hybridized carbons (Fsp3) is 1.00. The molecule has 0 radical (unpaired) electrons. The SMILES string of the molecule is CC(C)(C)[C@@H]1CN(CC2CC2)CC[C@H]1C(F)(F)F. The minimum Gasteiger partial charge on any atom is -0.303 e. The molecule has 0 aromatic heterocycles. The molecule has 1 aliphatic heterocycles. The first-order valence-corrected chi connectivity index (χ1v) is 6.97. The molecule has 18 heavy (non-hydrogen) atoms. The number of hydrogen-bond acceptors (Lipinski definition) is 1. The van der Waals surface area contributed by atoms with Crippen molar-refractivity contribution in [2.24, 2.45) is 23.2 Å². The van der Waals surface area contributed by atoms with Gasteiger partial charge in [0.05, 0.1) is 5.92 Å². The molecule has 1 aliphatic carbocycles. The summed E-state index contributed by atoms with van der Waals surface area (Å²) < 4.78 is 39.3. The molecule has 2 aliphatic rings. The average Bonchev–Trinajstić information content (AvgIpc) is 2.98. The van der Waals surface area contributed by atoms with Crippen molar-refractivity contribution >= 4 is 0 Å². The van der Waals surface area contributed by atoms with Gasteiger partial charge >= 0.3 is 6.18 Å². The summed E-state index contributed by atoms with van der Waals surface area (Å²) >= 11 is 0. The molecule has 2 fully saturated rings. The van der Waals surface area contributed by atoms with Gasteiger partial charge in [-0.1, -0.05) is 20.8 Å². The smallest absolute Gasteiger partial charge is 0.303 e. The van der Waals surface area contributed by atoms with E-state index in [2.05, 4.69) is 4.90 Å². The zero-order valence-corrected chi connectivity index (χ0v) is 11.6. The van der Waals surface area contributed by atoms with Crippen LogP contribution in [-0.4, -0.2) is 30.7 Å². The summed E-state index contributed by atoms with van der Waals surface area (Å²) in [6.07, 6.45) is -1.24. The molecular weight excluding hydrogens is 239 g/mol. The monoisotopic (exact) mass is 263 g/mol. The van der Waals surface area contributed by atoms with E-state index >= 15 is 0 Å². The molecular formula is C14H24F3N. The topological polar surface area (TPSA) is 3.24 Å². The largest absolute Gasteiger partial charge is 0.392 e. The van der Waals surface area contributed by atoms with E-state index in [0.29, 0.717) is 13.1 Å². The number of nitrogens with zero attached hydrogens (tertiary/aromatic N) is 1. The third-order valence-electron chi connectivity index (χ3n) is 4.44. The van der Waals surface area contributed by atoms with E-state index in [4.69, 9.17) is 0 Å². The molecule has 2 rings (SSSR count). The molecule has 0 unspecified atom stereocenters. The number of hydrogen-bond donors (Lipinski definition) is 0. The molecule has 1 saturated heterocycles. The zero-order chi connectivity index (χ0) is 13.6. The molecule has 0 spiro atoms. The van der Waals surface area contributed by atoms with Gasteiger partial charge in [-0.3, -0.25) is 0 Å². The number of halogens is 3. The van der Waals surface area contributed by atoms with Crippen molar-refractivity contribution in [2.75, 3.05) is 19.6 Å². The van der Waals surface area contributed by atoms with E-state index in [0.717, 1.165) is 12.5 Å². The van der Waals surface area contributed by atoms with Crippen LogP contribution in [-0.2, 0) is 0 Å². The van der Waals surface area contributed by atoms with Gasteiger partial charge in [0.25, 0.3) is 0 Å². The van der Waals surface area contributed by atoms with Gasteiger partial charge < -0.3 is 4.90 Å². The lowest BCUT2D eigenvalue weighted by Crippen LogP contribution is -2.50. The Labute approximate surface area is 108 Å². The zero-order valence-electron chi connectivity index (χ0n) is 11.6. The lowest BCUT2D eigenvalue weighted by atomic mass is 9.69. The molecule has 1 heterocycles. The van der Waals surface area contributed by atoms with Crippen LogP contribution in [0.3, 0.4) is 0 Å². The predicted octanol–water partition coefficient (Wildman–Crippen LogP) is 3.94. The third kappa shape index (κ3) is 3.40. The van der Waals surface area contributed by atoms with Crippen molar-refractivity contribution < 1.29 is 13.2 Å². The van der Waals surface area contributed by atoms with Gasteiger partial charge in [-0.2, -0.15) is 13.2 Å². The maximum atomic E-state index is 13.1. The van der Waals surface area contributed by atoms with Crippen LogP contribution in [0.15, 0.2) is 0 Å². The summed E-state index contributed by atoms with van der Waals surface area (Å²) in [6.45, 7) is 8.07. The normalized spacial score (nSPS) is 31.7. The predicted molar refractivity (Wildman–Crippen MR) is 66.3 cm³/mol. The number of rotatable bonds is 2. The van der Waals surface area contributed by atoms with E-state index < -0.39 is 12.1 Å². The first kappa shape index (κ1) is 14.2. The van der Waals surface area contributed by atoms with E-state index in [1.54, 1.807) is 0 Å². The molecule has 0 bridgehead atoms. The first-order valence-electron chi connectivity index (χ1n) is 6.97. The maximum absolute atomic E-state index is 13.1. The summed E-state index contributed by atoms with van der Waals surface area (Å²) in [7, 11) is 0. The van der Waals surface area contributed by atoms with Crippen LogP contribution < -0.4 is 0 Å². The van der Waals surface area contributed by atoms with Gasteiger partial charge in [-0.25, -0.2) is 0 Å². The Morgan fingerprint density at radius 2 is 1.61 bits per heavy atom. The molecule has 0 aromatic rings. The van der Waals surface area contributed by atoms with Crippen LogP contribution in [0.25, 0.3) is 0 Å². The fourth-order valence-corrected chi connectivity index (χ4v) is 3.12. The highest BCUT2D eigenvalue weighted by molar-refractivity contribution is 4.92. The minimum atomic E-state index is -4.04. The summed E-state index contributed by atoms with van der Waals surface area (Å²) in [4.78, 5) is 2.26. The molecule has 0 amide bonds. The van der Waals surface area contributed by atoms with Gasteiger partial charge in [0.15, 0.2) is 0 Å². The van der Waals surface area contributed by atoms with Gasteiger partial charge in [-0.05, 0) is 43.1 Å². The molecule has 4 heteroatoms. The molecule has 0 N–H and O–H groups in total. The highest BCUT2D eigenvalue weighted by atomic mass is 19.4. The van der Waals surface area contributed by atoms with Crippen molar-refractivity contribution in [2.45, 2.75) is 46.2 Å². The van der Waals surface area contributed by atoms with Crippen molar-refractivity contribution in [3.8, 4) is 0 Å². The second-order valence-electron chi connectivity index (χ2n) is 7.11. The maximum Gasteiger partial charge on any atom is 0.392 e. The van der Waals surface area contributed by atoms with Crippen molar-refractivity contribution in [1.82, 2.24) is 4.90 Å². The molecule has 106 valence electrons. The summed E-state index contributed by atoms with van der Waals surface area (Å²) in [6, 6.07) is 0. The van der Waals surface area contributed by atoms with Gasteiger partial charge in [0.2, 0.25) is 0 Å². The Kier molecular flexibility index (Phi) is 3.69. The van der Waals surface area contributed by atoms with E-state index in [9.17, 15) is 13.2 Å².